The number of carbonyl (C=O) groups is 3. The molecule has 296 valence electrons. The second-order valence-corrected chi connectivity index (χ2v) is 14.1. The van der Waals surface area contributed by atoms with Crippen LogP contribution >= 0.6 is 0 Å². The van der Waals surface area contributed by atoms with Crippen molar-refractivity contribution < 1.29 is 38.2 Å². The van der Waals surface area contributed by atoms with Gasteiger partial charge in [0.25, 0.3) is 0 Å². The van der Waals surface area contributed by atoms with Crippen LogP contribution in [0.4, 0.5) is 0 Å². The quantitative estimate of drug-likeness (QED) is 0.0282. The van der Waals surface area contributed by atoms with Gasteiger partial charge in [0.2, 0.25) is 0 Å². The Morgan fingerprint density at radius 3 is 1.67 bits per heavy atom. The fourth-order valence-corrected chi connectivity index (χ4v) is 5.23. The SMILES string of the molecule is CC/C=C/C/C=C/C/C=C/C/C=C/C/C=C/CCCCCCC(=O)OC(COCCC(C(=O)[O-])[N+](C)(C)C)COC(=O)CC/C=C/CCCCCC. The van der Waals surface area contributed by atoms with Crippen LogP contribution in [0.1, 0.15) is 136 Å². The van der Waals surface area contributed by atoms with Crippen molar-refractivity contribution in [3.8, 4) is 0 Å². The number of allylic oxidation sites excluding steroid dienone is 12. The highest BCUT2D eigenvalue weighted by Gasteiger charge is 2.25. The van der Waals surface area contributed by atoms with Crippen molar-refractivity contribution in [3.05, 3.63) is 72.9 Å². The van der Waals surface area contributed by atoms with Crippen molar-refractivity contribution in [2.45, 2.75) is 148 Å². The third-order valence-electron chi connectivity index (χ3n) is 8.34. The molecule has 0 aliphatic rings. The largest absolute Gasteiger partial charge is 0.544 e. The van der Waals surface area contributed by atoms with Crippen LogP contribution in [0, 0.1) is 0 Å². The average molecular weight is 728 g/mol. The number of rotatable bonds is 34. The lowest BCUT2D eigenvalue weighted by Gasteiger charge is -2.34. The molecule has 8 heteroatoms. The number of nitrogens with zero attached hydrogens (tertiary/aromatic N) is 1. The van der Waals surface area contributed by atoms with Gasteiger partial charge in [-0.25, -0.2) is 0 Å². The molecule has 0 saturated carbocycles. The Labute approximate surface area is 317 Å². The van der Waals surface area contributed by atoms with Crippen LogP contribution in [-0.2, 0) is 28.6 Å². The van der Waals surface area contributed by atoms with E-state index in [2.05, 4.69) is 80.7 Å². The highest BCUT2D eigenvalue weighted by Crippen LogP contribution is 2.11. The molecule has 0 amide bonds. The number of likely N-dealkylation sites (N-methyl/N-ethyl adjacent to an activating group) is 1. The molecule has 52 heavy (non-hydrogen) atoms. The predicted molar refractivity (Wildman–Crippen MR) is 212 cm³/mol. The Balaban J connectivity index is 4.43. The van der Waals surface area contributed by atoms with Gasteiger partial charge in [0.1, 0.15) is 12.6 Å². The van der Waals surface area contributed by atoms with E-state index >= 15 is 0 Å². The van der Waals surface area contributed by atoms with Crippen molar-refractivity contribution in [2.24, 2.45) is 0 Å². The summed E-state index contributed by atoms with van der Waals surface area (Å²) in [6.45, 7) is 4.40. The van der Waals surface area contributed by atoms with Crippen LogP contribution < -0.4 is 5.11 Å². The van der Waals surface area contributed by atoms with Crippen LogP contribution in [0.2, 0.25) is 0 Å². The molecule has 0 N–H and O–H groups in total. The summed E-state index contributed by atoms with van der Waals surface area (Å²) in [4.78, 5) is 36.6. The van der Waals surface area contributed by atoms with E-state index in [0.717, 1.165) is 77.0 Å². The van der Waals surface area contributed by atoms with Crippen molar-refractivity contribution in [3.63, 3.8) is 0 Å². The van der Waals surface area contributed by atoms with E-state index in [9.17, 15) is 19.5 Å². The minimum absolute atomic E-state index is 0.0147. The van der Waals surface area contributed by atoms with Gasteiger partial charge in [-0.15, -0.1) is 0 Å². The maximum Gasteiger partial charge on any atom is 0.306 e. The lowest BCUT2D eigenvalue weighted by molar-refractivity contribution is -0.889. The summed E-state index contributed by atoms with van der Waals surface area (Å²) in [5.74, 6) is -1.85. The fraction of sp³-hybridized carbons (Fsp3) is 0.659. The zero-order valence-electron chi connectivity index (χ0n) is 33.4. The van der Waals surface area contributed by atoms with Gasteiger partial charge in [0, 0.05) is 19.3 Å². The fourth-order valence-electron chi connectivity index (χ4n) is 5.23. The molecule has 0 spiro atoms. The second-order valence-electron chi connectivity index (χ2n) is 14.1. The Hall–Kier alpha value is -3.23. The Morgan fingerprint density at radius 1 is 0.596 bits per heavy atom. The molecule has 0 aromatic rings. The van der Waals surface area contributed by atoms with E-state index in [1.165, 1.54) is 19.3 Å². The van der Waals surface area contributed by atoms with E-state index in [0.29, 0.717) is 6.42 Å². The molecule has 0 bridgehead atoms. The highest BCUT2D eigenvalue weighted by molar-refractivity contribution is 5.70. The van der Waals surface area contributed by atoms with Gasteiger partial charge >= 0.3 is 11.9 Å². The molecule has 8 nitrogen and oxygen atoms in total. The first-order valence-electron chi connectivity index (χ1n) is 20.0. The number of ether oxygens (including phenoxy) is 3. The van der Waals surface area contributed by atoms with E-state index in [1.807, 2.05) is 6.08 Å². The van der Waals surface area contributed by atoms with Gasteiger partial charge in [-0.05, 0) is 70.6 Å². The maximum absolute atomic E-state index is 12.6. The molecule has 0 rings (SSSR count). The third kappa shape index (κ3) is 32.7. The van der Waals surface area contributed by atoms with Gasteiger partial charge in [-0.1, -0.05) is 119 Å². The molecule has 0 aromatic carbocycles. The summed E-state index contributed by atoms with van der Waals surface area (Å²) in [6, 6.07) is -0.737. The molecular formula is C44H73NO7. The lowest BCUT2D eigenvalue weighted by Crippen LogP contribution is -2.55. The summed E-state index contributed by atoms with van der Waals surface area (Å²) < 4.78 is 17.0. The molecule has 0 saturated heterocycles. The molecule has 0 aliphatic carbocycles. The van der Waals surface area contributed by atoms with Gasteiger partial charge in [-0.2, -0.15) is 0 Å². The maximum atomic E-state index is 12.6. The Bertz CT molecular complexity index is 1080. The number of hydrogen-bond donors (Lipinski definition) is 0. The molecule has 0 aliphatic heterocycles. The number of carboxylic acids is 1. The topological polar surface area (TPSA) is 102 Å². The third-order valence-corrected chi connectivity index (χ3v) is 8.34. The van der Waals surface area contributed by atoms with E-state index < -0.39 is 18.1 Å². The summed E-state index contributed by atoms with van der Waals surface area (Å²) in [7, 11) is 5.37. The standard InChI is InChI=1S/C44H73NO7/c1-6-8-10-12-14-16-17-18-19-20-21-22-23-24-25-26-27-29-31-33-35-43(47)52-40(38-50-37-36-41(44(48)49)45(3,4)5)39-51-42(46)34-32-30-28-15-13-11-9-7-2/h8,10,14,16,18-19,21-22,24-25,28,30,40-41H,6-7,9,11-13,15,17,20,23,26-27,29,31-39H2,1-5H3/b10-8+,16-14+,19-18+,22-21+,25-24+,30-28+. The molecule has 0 fully saturated rings. The number of quaternary nitrogens is 1. The Kier molecular flexibility index (Phi) is 32.7. The first kappa shape index (κ1) is 48.8. The number of esters is 2. The van der Waals surface area contributed by atoms with Gasteiger partial charge < -0.3 is 28.6 Å². The van der Waals surface area contributed by atoms with Crippen LogP contribution in [-0.4, -0.2) is 75.5 Å². The summed E-state index contributed by atoms with van der Waals surface area (Å²) in [5, 5.41) is 11.6. The summed E-state index contributed by atoms with van der Waals surface area (Å²) in [5.41, 5.74) is 0. The first-order valence-corrected chi connectivity index (χ1v) is 20.0. The van der Waals surface area contributed by atoms with Gasteiger partial charge in [0.05, 0.1) is 40.3 Å². The number of unbranched alkanes of at least 4 members (excludes halogenated alkanes) is 8. The minimum atomic E-state index is -1.14. The number of carboxylic acid groups (broad SMARTS) is 1. The van der Waals surface area contributed by atoms with Crippen LogP contribution in [0.5, 0.6) is 0 Å². The van der Waals surface area contributed by atoms with E-state index in [-0.39, 0.29) is 55.5 Å². The minimum Gasteiger partial charge on any atom is -0.544 e. The molecule has 2 unspecified atom stereocenters. The zero-order valence-corrected chi connectivity index (χ0v) is 33.4. The summed E-state index contributed by atoms with van der Waals surface area (Å²) >= 11 is 0. The van der Waals surface area contributed by atoms with E-state index in [4.69, 9.17) is 14.2 Å². The predicted octanol–water partition coefficient (Wildman–Crippen LogP) is 9.07. The van der Waals surface area contributed by atoms with Crippen molar-refractivity contribution >= 4 is 17.9 Å². The zero-order chi connectivity index (χ0) is 38.5. The second kappa shape index (κ2) is 34.8. The van der Waals surface area contributed by atoms with Crippen molar-refractivity contribution in [2.75, 3.05) is 41.0 Å². The van der Waals surface area contributed by atoms with Crippen LogP contribution in [0.15, 0.2) is 72.9 Å². The molecule has 0 heterocycles. The molecule has 0 aromatic heterocycles. The van der Waals surface area contributed by atoms with Crippen LogP contribution in [0.25, 0.3) is 0 Å². The van der Waals surface area contributed by atoms with Crippen LogP contribution in [0.3, 0.4) is 0 Å². The van der Waals surface area contributed by atoms with Gasteiger partial charge in [-0.3, -0.25) is 9.59 Å². The number of carbonyl (C=O) groups excluding carboxylic acids is 3. The monoisotopic (exact) mass is 728 g/mol. The summed E-state index contributed by atoms with van der Waals surface area (Å²) in [6.07, 6.45) is 42.4. The normalized spacial score (nSPS) is 13.8. The number of aliphatic carboxylic acids is 1. The smallest absolute Gasteiger partial charge is 0.306 e. The highest BCUT2D eigenvalue weighted by atomic mass is 16.6. The molecular weight excluding hydrogens is 654 g/mol. The van der Waals surface area contributed by atoms with Crippen molar-refractivity contribution in [1.29, 1.82) is 0 Å². The first-order chi connectivity index (χ1) is 25.1. The van der Waals surface area contributed by atoms with Gasteiger partial charge in [0.15, 0.2) is 6.10 Å². The average Bonchev–Trinajstić information content (AvgIpc) is 3.09. The Morgan fingerprint density at radius 2 is 1.12 bits per heavy atom. The van der Waals surface area contributed by atoms with Crippen molar-refractivity contribution in [1.82, 2.24) is 0 Å². The molecule has 2 atom stereocenters. The lowest BCUT2D eigenvalue weighted by atomic mass is 10.1. The number of hydrogen-bond acceptors (Lipinski definition) is 7. The van der Waals surface area contributed by atoms with E-state index in [1.54, 1.807) is 21.1 Å². The molecule has 0 radical (unpaired) electrons.